The molecule has 0 bridgehead atoms. The van der Waals surface area contributed by atoms with Crippen LogP contribution in [-0.4, -0.2) is 30.0 Å². The van der Waals surface area contributed by atoms with Crippen molar-refractivity contribution in [1.29, 1.82) is 0 Å². The Hall–Kier alpha value is -3.27. The zero-order valence-corrected chi connectivity index (χ0v) is 14.7. The number of hydrogen-bond acceptors (Lipinski definition) is 7. The lowest BCUT2D eigenvalue weighted by Gasteiger charge is -2.18. The molecule has 26 heavy (non-hydrogen) atoms. The maximum Gasteiger partial charge on any atom is 0.221 e. The van der Waals surface area contributed by atoms with Crippen LogP contribution in [0.1, 0.15) is 39.9 Å². The lowest BCUT2D eigenvalue weighted by Crippen LogP contribution is -2.10. The highest BCUT2D eigenvalue weighted by atomic mass is 16.5. The van der Waals surface area contributed by atoms with Crippen LogP contribution in [0.25, 0.3) is 0 Å². The number of rotatable bonds is 6. The topological polar surface area (TPSA) is 113 Å². The van der Waals surface area contributed by atoms with Gasteiger partial charge in [0.2, 0.25) is 5.95 Å². The van der Waals surface area contributed by atoms with Gasteiger partial charge in [-0.1, -0.05) is 5.92 Å². The Balaban J connectivity index is 2.15. The van der Waals surface area contributed by atoms with Crippen molar-refractivity contribution < 1.29 is 14.3 Å². The van der Waals surface area contributed by atoms with Crippen molar-refractivity contribution in [2.45, 2.75) is 19.3 Å². The van der Waals surface area contributed by atoms with Crippen LogP contribution in [0, 0.1) is 18.3 Å². The molecule has 134 valence electrons. The van der Waals surface area contributed by atoms with Gasteiger partial charge in [0.15, 0.2) is 17.3 Å². The largest absolute Gasteiger partial charge is 0.492 e. The van der Waals surface area contributed by atoms with Gasteiger partial charge in [0.05, 0.1) is 25.3 Å². The molecule has 1 aromatic carbocycles. The van der Waals surface area contributed by atoms with Gasteiger partial charge < -0.3 is 20.9 Å². The van der Waals surface area contributed by atoms with Crippen LogP contribution in [0.5, 0.6) is 11.5 Å². The van der Waals surface area contributed by atoms with Crippen molar-refractivity contribution in [2.24, 2.45) is 5.92 Å². The number of methoxy groups -OCH3 is 2. The Morgan fingerprint density at radius 2 is 1.96 bits per heavy atom. The fraction of sp³-hybridized carbons (Fsp3) is 0.316. The van der Waals surface area contributed by atoms with Crippen molar-refractivity contribution in [2.75, 3.05) is 25.7 Å². The minimum atomic E-state index is 0.0306. The molecule has 7 nitrogen and oxygen atoms in total. The number of carbonyl (C=O) groups excluding carboxylic acids is 1. The highest BCUT2D eigenvalue weighted by Crippen LogP contribution is 2.42. The van der Waals surface area contributed by atoms with E-state index in [9.17, 15) is 4.79 Å². The average Bonchev–Trinajstić information content (AvgIpc) is 3.47. The third kappa shape index (κ3) is 3.14. The van der Waals surface area contributed by atoms with Crippen molar-refractivity contribution in [3.05, 3.63) is 34.5 Å². The van der Waals surface area contributed by atoms with Gasteiger partial charge in [-0.3, -0.25) is 4.79 Å². The van der Waals surface area contributed by atoms with Crippen LogP contribution in [0.2, 0.25) is 0 Å². The molecule has 0 spiro atoms. The van der Waals surface area contributed by atoms with Gasteiger partial charge in [-0.2, -0.15) is 4.98 Å². The number of ether oxygens (including phenoxy) is 2. The molecule has 1 heterocycles. The van der Waals surface area contributed by atoms with Crippen LogP contribution >= 0.6 is 0 Å². The summed E-state index contributed by atoms with van der Waals surface area (Å²) in [6.07, 6.45) is 9.38. The summed E-state index contributed by atoms with van der Waals surface area (Å²) in [6.45, 7) is 0. The lowest BCUT2D eigenvalue weighted by atomic mass is 9.94. The van der Waals surface area contributed by atoms with Gasteiger partial charge >= 0.3 is 0 Å². The van der Waals surface area contributed by atoms with E-state index in [1.54, 1.807) is 12.3 Å². The number of terminal acetylenes is 1. The van der Waals surface area contributed by atoms with Crippen LogP contribution in [0.3, 0.4) is 0 Å². The van der Waals surface area contributed by atoms with E-state index in [1.165, 1.54) is 14.2 Å². The molecule has 0 saturated heterocycles. The van der Waals surface area contributed by atoms with Crippen LogP contribution < -0.4 is 20.9 Å². The Bertz CT molecular complexity index is 914. The minimum Gasteiger partial charge on any atom is -0.492 e. The van der Waals surface area contributed by atoms with Crippen molar-refractivity contribution in [3.63, 3.8) is 0 Å². The third-order valence-corrected chi connectivity index (χ3v) is 4.38. The maximum absolute atomic E-state index is 12.7. The van der Waals surface area contributed by atoms with E-state index < -0.39 is 0 Å². The zero-order valence-electron chi connectivity index (χ0n) is 14.7. The fourth-order valence-corrected chi connectivity index (χ4v) is 2.91. The number of nitrogen functional groups attached to an aromatic ring is 2. The molecule has 0 radical (unpaired) electrons. The zero-order chi connectivity index (χ0) is 18.8. The van der Waals surface area contributed by atoms with Crippen LogP contribution in [0.15, 0.2) is 12.3 Å². The second kappa shape index (κ2) is 6.92. The molecular weight excluding hydrogens is 332 g/mol. The van der Waals surface area contributed by atoms with E-state index in [2.05, 4.69) is 15.9 Å². The summed E-state index contributed by atoms with van der Waals surface area (Å²) in [5, 5.41) is 0. The molecule has 1 aliphatic rings. The maximum atomic E-state index is 12.7. The SMILES string of the molecule is C#Cc1c(Cc2cnc(N)nc2N)cc(C(=O)C2CC2)c(OC)c1OC. The summed E-state index contributed by atoms with van der Waals surface area (Å²) in [7, 11) is 2.99. The third-order valence-electron chi connectivity index (χ3n) is 4.38. The van der Waals surface area contributed by atoms with Gasteiger partial charge in [-0.15, -0.1) is 6.42 Å². The Morgan fingerprint density at radius 1 is 1.27 bits per heavy atom. The van der Waals surface area contributed by atoms with E-state index in [-0.39, 0.29) is 23.5 Å². The number of nitrogens with two attached hydrogens (primary N) is 2. The smallest absolute Gasteiger partial charge is 0.221 e. The summed E-state index contributed by atoms with van der Waals surface area (Å²) in [5.41, 5.74) is 13.8. The van der Waals surface area contributed by atoms with E-state index in [4.69, 9.17) is 27.4 Å². The summed E-state index contributed by atoms with van der Waals surface area (Å²) < 4.78 is 10.9. The standard InChI is InChI=1S/C19H20N4O3/c1-4-13-11(7-12-9-22-19(21)23-18(12)20)8-14(15(24)10-5-6-10)17(26-3)16(13)25-2/h1,8-10H,5-7H2,2-3H3,(H4,20,21,22,23). The van der Waals surface area contributed by atoms with E-state index >= 15 is 0 Å². The second-order valence-electron chi connectivity index (χ2n) is 6.12. The minimum absolute atomic E-state index is 0.0306. The monoisotopic (exact) mass is 352 g/mol. The molecule has 1 aliphatic carbocycles. The molecule has 0 aliphatic heterocycles. The Labute approximate surface area is 151 Å². The average molecular weight is 352 g/mol. The van der Waals surface area contributed by atoms with E-state index in [1.807, 2.05) is 0 Å². The van der Waals surface area contributed by atoms with E-state index in [0.717, 1.165) is 12.8 Å². The predicted octanol–water partition coefficient (Wildman–Crippen LogP) is 1.82. The first kappa shape index (κ1) is 17.5. The second-order valence-corrected chi connectivity index (χ2v) is 6.12. The summed E-state index contributed by atoms with van der Waals surface area (Å²) in [4.78, 5) is 20.7. The first-order chi connectivity index (χ1) is 12.5. The highest BCUT2D eigenvalue weighted by Gasteiger charge is 2.34. The molecular formula is C19H20N4O3. The number of hydrogen-bond donors (Lipinski definition) is 2. The molecule has 3 rings (SSSR count). The lowest BCUT2D eigenvalue weighted by molar-refractivity contribution is 0.0964. The van der Waals surface area contributed by atoms with Crippen molar-refractivity contribution >= 4 is 17.5 Å². The first-order valence-corrected chi connectivity index (χ1v) is 8.15. The van der Waals surface area contributed by atoms with Gasteiger partial charge in [0, 0.05) is 24.1 Å². The van der Waals surface area contributed by atoms with E-state index in [0.29, 0.717) is 40.2 Å². The van der Waals surface area contributed by atoms with Crippen LogP contribution in [-0.2, 0) is 6.42 Å². The van der Waals surface area contributed by atoms with Gasteiger partial charge in [-0.25, -0.2) is 4.98 Å². The fourth-order valence-electron chi connectivity index (χ4n) is 2.91. The molecule has 1 fully saturated rings. The molecule has 0 amide bonds. The highest BCUT2D eigenvalue weighted by molar-refractivity contribution is 6.03. The molecule has 2 aromatic rings. The van der Waals surface area contributed by atoms with Gasteiger partial charge in [0.25, 0.3) is 0 Å². The predicted molar refractivity (Wildman–Crippen MR) is 98.2 cm³/mol. The molecule has 7 heteroatoms. The Morgan fingerprint density at radius 3 is 2.50 bits per heavy atom. The summed E-state index contributed by atoms with van der Waals surface area (Å²) >= 11 is 0. The number of anilines is 2. The number of carbonyl (C=O) groups is 1. The summed E-state index contributed by atoms with van der Waals surface area (Å²) in [5.74, 6) is 3.79. The Kier molecular flexibility index (Phi) is 4.67. The number of ketones is 1. The normalized spacial score (nSPS) is 13.1. The molecule has 1 aromatic heterocycles. The molecule has 0 unspecified atom stereocenters. The molecule has 1 saturated carbocycles. The number of benzene rings is 1. The molecule has 0 atom stereocenters. The number of nitrogens with zero attached hydrogens (tertiary/aromatic N) is 2. The van der Waals surface area contributed by atoms with Gasteiger partial charge in [0.1, 0.15) is 5.82 Å². The first-order valence-electron chi connectivity index (χ1n) is 8.15. The summed E-state index contributed by atoms with van der Waals surface area (Å²) in [6, 6.07) is 1.76. The number of Topliss-reactive ketones (excluding diaryl/α,β-unsaturated/α-hetero) is 1. The van der Waals surface area contributed by atoms with Crippen LogP contribution in [0.4, 0.5) is 11.8 Å². The number of aromatic nitrogens is 2. The molecule has 4 N–H and O–H groups in total. The van der Waals surface area contributed by atoms with Gasteiger partial charge in [-0.05, 0) is 24.5 Å². The van der Waals surface area contributed by atoms with Crippen molar-refractivity contribution in [1.82, 2.24) is 9.97 Å². The quantitative estimate of drug-likeness (QED) is 0.602. The van der Waals surface area contributed by atoms with Crippen molar-refractivity contribution in [3.8, 4) is 23.8 Å².